The monoisotopic (exact) mass is 828 g/mol. The van der Waals surface area contributed by atoms with Crippen molar-refractivity contribution in [3.63, 3.8) is 0 Å². The van der Waals surface area contributed by atoms with E-state index in [2.05, 4.69) is 39.9 Å². The summed E-state index contributed by atoms with van der Waals surface area (Å²) in [5.41, 5.74) is 10.8. The third-order valence-corrected chi connectivity index (χ3v) is 12.8. The molecule has 0 bridgehead atoms. The molecule has 0 radical (unpaired) electrons. The number of anilines is 1. The maximum atomic E-state index is 14.2. The lowest BCUT2D eigenvalue weighted by Gasteiger charge is -2.11. The number of aryl methyl sites for hydroxylation is 2. The van der Waals surface area contributed by atoms with Crippen molar-refractivity contribution in [1.29, 1.82) is 0 Å². The summed E-state index contributed by atoms with van der Waals surface area (Å²) in [4.78, 5) is 47.4. The van der Waals surface area contributed by atoms with E-state index in [0.29, 0.717) is 39.7 Å². The van der Waals surface area contributed by atoms with Gasteiger partial charge in [0, 0.05) is 22.3 Å². The number of allylic oxidation sites excluding steroid dienone is 1. The Morgan fingerprint density at radius 2 is 1.05 bits per heavy atom. The normalized spacial score (nSPS) is 13.3. The molecule has 10 rings (SSSR count). The molecule has 1 aliphatic rings. The van der Waals surface area contributed by atoms with Crippen LogP contribution in [-0.4, -0.2) is 32.6 Å². The first kappa shape index (κ1) is 37.7. The summed E-state index contributed by atoms with van der Waals surface area (Å²) in [7, 11) is 0. The van der Waals surface area contributed by atoms with Crippen LogP contribution in [0.4, 0.5) is 5.82 Å². The van der Waals surface area contributed by atoms with Crippen LogP contribution in [0.25, 0.3) is 59.4 Å². The first-order valence-corrected chi connectivity index (χ1v) is 21.4. The van der Waals surface area contributed by atoms with Crippen LogP contribution in [0.15, 0.2) is 168 Å². The number of H-pyrrole nitrogens is 1. The van der Waals surface area contributed by atoms with Crippen LogP contribution in [0, 0.1) is 13.8 Å². The molecule has 8 nitrogen and oxygen atoms in total. The van der Waals surface area contributed by atoms with Crippen molar-refractivity contribution in [3.8, 4) is 21.7 Å². The van der Waals surface area contributed by atoms with Gasteiger partial charge in [-0.1, -0.05) is 121 Å². The zero-order valence-electron chi connectivity index (χ0n) is 33.1. The van der Waals surface area contributed by atoms with Crippen molar-refractivity contribution >= 4 is 83.8 Å². The first-order chi connectivity index (χ1) is 29.9. The second-order valence-corrected chi connectivity index (χ2v) is 16.7. The van der Waals surface area contributed by atoms with Crippen molar-refractivity contribution in [2.45, 2.75) is 13.8 Å². The smallest absolute Gasteiger partial charge is 0.257 e. The maximum absolute atomic E-state index is 14.2. The van der Waals surface area contributed by atoms with E-state index in [1.807, 2.05) is 153 Å². The van der Waals surface area contributed by atoms with E-state index in [1.165, 1.54) is 0 Å². The Morgan fingerprint density at radius 1 is 0.541 bits per heavy atom. The van der Waals surface area contributed by atoms with Crippen molar-refractivity contribution in [3.05, 3.63) is 202 Å². The van der Waals surface area contributed by atoms with Gasteiger partial charge in [-0.2, -0.15) is 0 Å². The summed E-state index contributed by atoms with van der Waals surface area (Å²) in [6, 6.07) is 51.3. The average Bonchev–Trinajstić information content (AvgIpc) is 4.07. The molecule has 0 saturated heterocycles. The van der Waals surface area contributed by atoms with E-state index < -0.39 is 0 Å². The first-order valence-electron chi connectivity index (χ1n) is 19.8. The number of thiazole rings is 2. The minimum Gasteiger partial charge on any atom is -0.341 e. The van der Waals surface area contributed by atoms with Crippen molar-refractivity contribution in [1.82, 2.24) is 20.3 Å². The summed E-state index contributed by atoms with van der Waals surface area (Å²) in [5, 5.41) is 7.92. The van der Waals surface area contributed by atoms with E-state index in [1.54, 1.807) is 22.7 Å². The van der Waals surface area contributed by atoms with Crippen LogP contribution in [0.2, 0.25) is 0 Å². The van der Waals surface area contributed by atoms with Crippen LogP contribution in [0.1, 0.15) is 48.1 Å². The average molecular weight is 829 g/mol. The molecule has 3 aromatic heterocycles. The summed E-state index contributed by atoms with van der Waals surface area (Å²) < 4.78 is 2.04. The molecule has 0 spiro atoms. The number of carbonyl (C=O) groups excluding carboxylic acids is 2. The fraction of sp³-hybridized carbons (Fsp3) is 0.0392. The number of amides is 2. The lowest BCUT2D eigenvalue weighted by Crippen LogP contribution is -2.31. The van der Waals surface area contributed by atoms with E-state index in [4.69, 9.17) is 15.0 Å². The molecule has 1 aliphatic heterocycles. The second kappa shape index (κ2) is 15.9. The zero-order valence-corrected chi connectivity index (χ0v) is 34.7. The predicted octanol–water partition coefficient (Wildman–Crippen LogP) is 12.2. The molecule has 10 heteroatoms. The highest BCUT2D eigenvalue weighted by Crippen LogP contribution is 2.47. The molecule has 6 aromatic carbocycles. The Bertz CT molecular complexity index is 3200. The maximum Gasteiger partial charge on any atom is 0.257 e. The van der Waals surface area contributed by atoms with Gasteiger partial charge in [0.2, 0.25) is 0 Å². The third kappa shape index (κ3) is 7.18. The Hall–Kier alpha value is -7.53. The Balaban J connectivity index is 1.24. The summed E-state index contributed by atoms with van der Waals surface area (Å²) in [6.45, 7) is 3.85. The van der Waals surface area contributed by atoms with Gasteiger partial charge in [0.25, 0.3) is 11.8 Å². The quantitative estimate of drug-likeness (QED) is 0.142. The molecule has 0 unspecified atom stereocenters. The van der Waals surface area contributed by atoms with Gasteiger partial charge in [0.05, 0.1) is 43.0 Å². The second-order valence-electron chi connectivity index (χ2n) is 14.6. The van der Waals surface area contributed by atoms with Gasteiger partial charge in [-0.15, -0.1) is 22.7 Å². The molecule has 294 valence electrons. The topological polar surface area (TPSA) is 112 Å². The van der Waals surface area contributed by atoms with E-state index in [-0.39, 0.29) is 11.8 Å². The van der Waals surface area contributed by atoms with Crippen LogP contribution < -0.4 is 10.6 Å². The highest BCUT2D eigenvalue weighted by molar-refractivity contribution is 7.21. The molecule has 3 N–H and O–H groups in total. The molecule has 0 fully saturated rings. The molecule has 9 aromatic rings. The predicted molar refractivity (Wildman–Crippen MR) is 251 cm³/mol. The van der Waals surface area contributed by atoms with Crippen molar-refractivity contribution in [2.24, 2.45) is 4.99 Å². The number of nitrogens with zero attached hydrogens (tertiary/aromatic N) is 3. The molecule has 0 saturated carbocycles. The highest BCUT2D eigenvalue weighted by atomic mass is 32.1. The summed E-state index contributed by atoms with van der Waals surface area (Å²) in [5.74, 6) is 0.381. The van der Waals surface area contributed by atoms with E-state index >= 15 is 0 Å². The fourth-order valence-electron chi connectivity index (χ4n) is 7.72. The molecule has 0 aliphatic carbocycles. The minimum absolute atomic E-state index is 0.247. The number of para-hydroxylation sites is 2. The number of aromatic nitrogens is 3. The number of fused-ring (bicyclic) bond motifs is 2. The van der Waals surface area contributed by atoms with Gasteiger partial charge < -0.3 is 15.6 Å². The Kier molecular flexibility index (Phi) is 9.84. The third-order valence-electron chi connectivity index (χ3n) is 10.7. The van der Waals surface area contributed by atoms with Crippen molar-refractivity contribution in [2.75, 3.05) is 5.32 Å². The van der Waals surface area contributed by atoms with Gasteiger partial charge in [-0.05, 0) is 78.6 Å². The van der Waals surface area contributed by atoms with Crippen LogP contribution in [0.3, 0.4) is 0 Å². The molecule has 4 heterocycles. The Morgan fingerprint density at radius 3 is 1.66 bits per heavy atom. The number of carbonyl (C=O) groups is 2. The summed E-state index contributed by atoms with van der Waals surface area (Å²) in [6.07, 6.45) is 2.01. The van der Waals surface area contributed by atoms with E-state index in [0.717, 1.165) is 69.4 Å². The molecular formula is C51H36N6O2S2. The molecule has 61 heavy (non-hydrogen) atoms. The highest BCUT2D eigenvalue weighted by Gasteiger charge is 2.32. The number of nitrogens with one attached hydrogen (secondary N) is 3. The number of benzene rings is 6. The van der Waals surface area contributed by atoms with E-state index in [9.17, 15) is 9.59 Å². The molecular weight excluding hydrogens is 793 g/mol. The fourth-order valence-corrected chi connectivity index (χ4v) is 9.77. The largest absolute Gasteiger partial charge is 0.341 e. The van der Waals surface area contributed by atoms with Gasteiger partial charge in [0.1, 0.15) is 21.7 Å². The van der Waals surface area contributed by atoms with Crippen LogP contribution in [-0.2, 0) is 0 Å². The molecule has 2 amide bonds. The standard InChI is InChI=1S/C51H36N6O2S2/c1-30-17-9-11-23-34(30)48(58)56-46-44(50-54-36-25-13-15-27-40(36)60-50)42(32-19-5-3-6-20-32)38(52-46)29-39-43(33-21-7-4-8-22-33)45(51-55-37-26-14-16-28-41(37)61-51)47(53-39)57-49(59)35-24-12-10-18-31(35)2/h3-29,52H,1-2H3,(H,56,58)(H,53,57,59). The summed E-state index contributed by atoms with van der Waals surface area (Å²) >= 11 is 3.12. The minimum atomic E-state index is -0.270. The molecule has 0 atom stereocenters. The number of aromatic amines is 1. The number of amidine groups is 1. The van der Waals surface area contributed by atoms with Crippen LogP contribution in [0.5, 0.6) is 0 Å². The van der Waals surface area contributed by atoms with Gasteiger partial charge in [0.15, 0.2) is 0 Å². The number of rotatable bonds is 8. The zero-order chi connectivity index (χ0) is 41.5. The van der Waals surface area contributed by atoms with Crippen LogP contribution >= 0.6 is 22.7 Å². The lowest BCUT2D eigenvalue weighted by molar-refractivity contribution is 0.0975. The SMILES string of the molecule is Cc1ccccc1C(=O)NC1=NC(=Cc2[nH]c(NC(=O)c3ccccc3C)c(-c3nc4ccccc4s3)c2-c2ccccc2)C(c2ccccc2)=C1c1nc2ccccc2s1. The lowest BCUT2D eigenvalue weighted by atomic mass is 9.96. The number of aliphatic imine (C=N–C) groups is 1. The van der Waals surface area contributed by atoms with Gasteiger partial charge >= 0.3 is 0 Å². The van der Waals surface area contributed by atoms with Crippen molar-refractivity contribution < 1.29 is 9.59 Å². The van der Waals surface area contributed by atoms with Gasteiger partial charge in [-0.25, -0.2) is 15.0 Å². The Labute approximate surface area is 359 Å². The number of hydrogen-bond acceptors (Lipinski definition) is 7. The number of hydrogen-bond donors (Lipinski definition) is 3. The van der Waals surface area contributed by atoms with Gasteiger partial charge in [-0.3, -0.25) is 9.59 Å².